The first-order valence-corrected chi connectivity index (χ1v) is 3.23. The molecule has 0 N–H and O–H groups in total. The number of nitrogens with zero attached hydrogens (tertiary/aromatic N) is 3. The third-order valence-corrected chi connectivity index (χ3v) is 1.45. The molecule has 1 aliphatic heterocycles. The van der Waals surface area contributed by atoms with Crippen molar-refractivity contribution in [1.82, 2.24) is 9.89 Å². The van der Waals surface area contributed by atoms with Gasteiger partial charge in [-0.15, -0.1) is 0 Å². The fraction of sp³-hybridized carbons (Fsp3) is 0.286. The van der Waals surface area contributed by atoms with Gasteiger partial charge in [-0.05, 0) is 19.9 Å². The SMILES string of the molecule is CC1=Nn2nc(C)cc2[CH]1. The highest BCUT2D eigenvalue weighted by atomic mass is 15.5. The van der Waals surface area contributed by atoms with Crippen LogP contribution in [0.2, 0.25) is 0 Å². The van der Waals surface area contributed by atoms with Crippen molar-refractivity contribution in [3.05, 3.63) is 23.9 Å². The van der Waals surface area contributed by atoms with Crippen LogP contribution in [-0.4, -0.2) is 15.6 Å². The van der Waals surface area contributed by atoms with Gasteiger partial charge in [0.05, 0.1) is 17.8 Å². The van der Waals surface area contributed by atoms with Gasteiger partial charge in [-0.2, -0.15) is 15.0 Å². The molecule has 1 aliphatic rings. The van der Waals surface area contributed by atoms with E-state index in [2.05, 4.69) is 10.2 Å². The number of rotatable bonds is 0. The Morgan fingerprint density at radius 2 is 2.20 bits per heavy atom. The Kier molecular flexibility index (Phi) is 0.952. The Labute approximate surface area is 59.4 Å². The molecular formula is C7H8N3. The van der Waals surface area contributed by atoms with Crippen LogP contribution in [0.3, 0.4) is 0 Å². The molecule has 2 rings (SSSR count). The smallest absolute Gasteiger partial charge is 0.0747 e. The third kappa shape index (κ3) is 0.667. The number of fused-ring (bicyclic) bond motifs is 1. The highest BCUT2D eigenvalue weighted by Crippen LogP contribution is 2.12. The molecule has 0 aliphatic carbocycles. The lowest BCUT2D eigenvalue weighted by molar-refractivity contribution is 0.733. The monoisotopic (exact) mass is 134 g/mol. The van der Waals surface area contributed by atoms with Gasteiger partial charge in [0.25, 0.3) is 0 Å². The molecule has 1 aromatic heterocycles. The summed E-state index contributed by atoms with van der Waals surface area (Å²) in [5.41, 5.74) is 3.11. The van der Waals surface area contributed by atoms with Gasteiger partial charge in [-0.25, -0.2) is 0 Å². The summed E-state index contributed by atoms with van der Waals surface area (Å²) in [6.07, 6.45) is 2.01. The minimum Gasteiger partial charge on any atom is -0.159 e. The van der Waals surface area contributed by atoms with E-state index in [0.717, 1.165) is 17.1 Å². The van der Waals surface area contributed by atoms with Gasteiger partial charge in [0.15, 0.2) is 0 Å². The topological polar surface area (TPSA) is 30.2 Å². The van der Waals surface area contributed by atoms with Gasteiger partial charge in [-0.3, -0.25) is 0 Å². The van der Waals surface area contributed by atoms with Crippen molar-refractivity contribution in [3.63, 3.8) is 0 Å². The fourth-order valence-electron chi connectivity index (χ4n) is 1.08. The molecule has 0 aromatic carbocycles. The van der Waals surface area contributed by atoms with E-state index >= 15 is 0 Å². The summed E-state index contributed by atoms with van der Waals surface area (Å²) >= 11 is 0. The van der Waals surface area contributed by atoms with Crippen LogP contribution in [0.4, 0.5) is 0 Å². The van der Waals surface area contributed by atoms with Crippen molar-refractivity contribution < 1.29 is 0 Å². The lowest BCUT2D eigenvalue weighted by Crippen LogP contribution is -1.88. The normalized spacial score (nSPS) is 15.2. The lowest BCUT2D eigenvalue weighted by atomic mass is 10.2. The Balaban J connectivity index is 2.53. The van der Waals surface area contributed by atoms with Crippen LogP contribution in [0.1, 0.15) is 18.3 Å². The van der Waals surface area contributed by atoms with E-state index in [1.807, 2.05) is 26.3 Å². The molecule has 0 fully saturated rings. The minimum atomic E-state index is 1.02. The Bertz CT molecular complexity index is 296. The van der Waals surface area contributed by atoms with Gasteiger partial charge in [0.1, 0.15) is 0 Å². The van der Waals surface area contributed by atoms with E-state index in [0.29, 0.717) is 0 Å². The molecule has 1 aromatic rings. The highest BCUT2D eigenvalue weighted by Gasteiger charge is 2.12. The third-order valence-electron chi connectivity index (χ3n) is 1.45. The van der Waals surface area contributed by atoms with E-state index < -0.39 is 0 Å². The molecule has 51 valence electrons. The van der Waals surface area contributed by atoms with Gasteiger partial charge in [0, 0.05) is 5.71 Å². The van der Waals surface area contributed by atoms with Gasteiger partial charge in [-0.1, -0.05) is 0 Å². The summed E-state index contributed by atoms with van der Waals surface area (Å²) in [5, 5.41) is 8.28. The number of aryl methyl sites for hydroxylation is 1. The molecule has 0 amide bonds. The summed E-state index contributed by atoms with van der Waals surface area (Å²) in [6, 6.07) is 2.01. The molecule has 0 saturated carbocycles. The van der Waals surface area contributed by atoms with Crippen molar-refractivity contribution in [2.24, 2.45) is 5.10 Å². The summed E-state index contributed by atoms with van der Waals surface area (Å²) in [5.74, 6) is 0. The van der Waals surface area contributed by atoms with Crippen LogP contribution in [0.5, 0.6) is 0 Å². The van der Waals surface area contributed by atoms with Gasteiger partial charge < -0.3 is 0 Å². The second-order valence-corrected chi connectivity index (χ2v) is 2.49. The molecule has 1 radical (unpaired) electrons. The summed E-state index contributed by atoms with van der Waals surface area (Å²) in [7, 11) is 0. The van der Waals surface area contributed by atoms with Gasteiger partial charge in [0.2, 0.25) is 0 Å². The molecule has 0 saturated heterocycles. The first kappa shape index (κ1) is 5.65. The van der Waals surface area contributed by atoms with E-state index in [1.54, 1.807) is 4.79 Å². The summed E-state index contributed by atoms with van der Waals surface area (Å²) < 4.78 is 0. The lowest BCUT2D eigenvalue weighted by Gasteiger charge is -1.84. The zero-order valence-corrected chi connectivity index (χ0v) is 6.00. The van der Waals surface area contributed by atoms with Crippen molar-refractivity contribution >= 4 is 5.71 Å². The maximum absolute atomic E-state index is 4.14. The second-order valence-electron chi connectivity index (χ2n) is 2.49. The predicted octanol–water partition coefficient (Wildman–Crippen LogP) is 0.982. The molecule has 0 spiro atoms. The first-order chi connectivity index (χ1) is 4.75. The summed E-state index contributed by atoms with van der Waals surface area (Å²) in [6.45, 7) is 3.92. The Morgan fingerprint density at radius 1 is 1.40 bits per heavy atom. The van der Waals surface area contributed by atoms with Crippen molar-refractivity contribution in [3.8, 4) is 0 Å². The first-order valence-electron chi connectivity index (χ1n) is 3.23. The number of aromatic nitrogens is 2. The highest BCUT2D eigenvalue weighted by molar-refractivity contribution is 5.94. The molecular weight excluding hydrogens is 126 g/mol. The average molecular weight is 134 g/mol. The Morgan fingerprint density at radius 3 is 2.90 bits per heavy atom. The van der Waals surface area contributed by atoms with Crippen LogP contribution in [0.15, 0.2) is 11.2 Å². The summed E-state index contributed by atoms with van der Waals surface area (Å²) in [4.78, 5) is 1.66. The van der Waals surface area contributed by atoms with Crippen LogP contribution in [-0.2, 0) is 0 Å². The average Bonchev–Trinajstić information content (AvgIpc) is 2.21. The van der Waals surface area contributed by atoms with Crippen LogP contribution >= 0.6 is 0 Å². The van der Waals surface area contributed by atoms with E-state index in [4.69, 9.17) is 0 Å². The van der Waals surface area contributed by atoms with Crippen molar-refractivity contribution in [1.29, 1.82) is 0 Å². The van der Waals surface area contributed by atoms with Crippen LogP contribution < -0.4 is 0 Å². The van der Waals surface area contributed by atoms with E-state index in [9.17, 15) is 0 Å². The molecule has 10 heavy (non-hydrogen) atoms. The Hall–Kier alpha value is -1.12. The zero-order valence-electron chi connectivity index (χ0n) is 6.00. The van der Waals surface area contributed by atoms with E-state index in [-0.39, 0.29) is 0 Å². The van der Waals surface area contributed by atoms with E-state index in [1.165, 1.54) is 0 Å². The maximum atomic E-state index is 4.14. The zero-order chi connectivity index (χ0) is 7.14. The number of hydrogen-bond acceptors (Lipinski definition) is 2. The largest absolute Gasteiger partial charge is 0.159 e. The minimum absolute atomic E-state index is 1.02. The van der Waals surface area contributed by atoms with Gasteiger partial charge >= 0.3 is 0 Å². The van der Waals surface area contributed by atoms with Crippen LogP contribution in [0, 0.1) is 13.3 Å². The molecule has 0 atom stereocenters. The molecule has 0 unspecified atom stereocenters. The fourth-order valence-corrected chi connectivity index (χ4v) is 1.08. The quantitative estimate of drug-likeness (QED) is 0.520. The molecule has 3 nitrogen and oxygen atoms in total. The predicted molar refractivity (Wildman–Crippen MR) is 38.9 cm³/mol. The number of hydrogen-bond donors (Lipinski definition) is 0. The molecule has 0 bridgehead atoms. The molecule has 2 heterocycles. The standard InChI is InChI=1S/C7H8N3/c1-5-3-7-4-6(2)9-10(7)8-5/h3-4H,1-2H3. The van der Waals surface area contributed by atoms with Crippen LogP contribution in [0.25, 0.3) is 0 Å². The van der Waals surface area contributed by atoms with Crippen molar-refractivity contribution in [2.75, 3.05) is 0 Å². The maximum Gasteiger partial charge on any atom is 0.0747 e. The van der Waals surface area contributed by atoms with Crippen molar-refractivity contribution in [2.45, 2.75) is 13.8 Å². The second kappa shape index (κ2) is 1.68. The molecule has 3 heteroatoms.